The van der Waals surface area contributed by atoms with E-state index in [1.165, 1.54) is 30.2 Å². The third kappa shape index (κ3) is 2.92. The normalized spacial score (nSPS) is 28.0. The van der Waals surface area contributed by atoms with Crippen molar-refractivity contribution in [2.75, 3.05) is 14.1 Å². The highest BCUT2D eigenvalue weighted by atomic mass is 16.3. The van der Waals surface area contributed by atoms with Gasteiger partial charge in [0.05, 0.1) is 26.2 Å². The summed E-state index contributed by atoms with van der Waals surface area (Å²) in [6, 6.07) is 22.0. The Morgan fingerprint density at radius 2 is 1.28 bits per heavy atom. The van der Waals surface area contributed by atoms with Gasteiger partial charge in [0.1, 0.15) is 5.60 Å². The number of aliphatic hydroxyl groups is 1. The summed E-state index contributed by atoms with van der Waals surface area (Å²) in [5, 5.41) is 11.8. The van der Waals surface area contributed by atoms with Crippen LogP contribution in [0.25, 0.3) is 0 Å². The fourth-order valence-corrected chi connectivity index (χ4v) is 5.41. The lowest BCUT2D eigenvalue weighted by Crippen LogP contribution is -2.55. The molecule has 0 spiro atoms. The van der Waals surface area contributed by atoms with Crippen molar-refractivity contribution in [3.8, 4) is 0 Å². The molecule has 2 heteroatoms. The van der Waals surface area contributed by atoms with E-state index in [0.29, 0.717) is 5.92 Å². The maximum atomic E-state index is 11.8. The van der Waals surface area contributed by atoms with Crippen molar-refractivity contribution >= 4 is 0 Å². The second kappa shape index (κ2) is 6.26. The van der Waals surface area contributed by atoms with Gasteiger partial charge in [0.25, 0.3) is 0 Å². The Hall–Kier alpha value is -1.64. The lowest BCUT2D eigenvalue weighted by Gasteiger charge is -2.46. The fourth-order valence-electron chi connectivity index (χ4n) is 5.41. The molecule has 132 valence electrons. The summed E-state index contributed by atoms with van der Waals surface area (Å²) in [6.45, 7) is 0. The third-order valence-electron chi connectivity index (χ3n) is 7.01. The molecule has 3 atom stereocenters. The quantitative estimate of drug-likeness (QED) is 0.824. The number of piperidine rings is 1. The molecule has 0 aliphatic carbocycles. The second-order valence-corrected chi connectivity index (χ2v) is 8.65. The summed E-state index contributed by atoms with van der Waals surface area (Å²) in [5.74, 6) is 0.592. The summed E-state index contributed by atoms with van der Waals surface area (Å²) in [7, 11) is 4.80. The maximum Gasteiger partial charge on any atom is 0.115 e. The van der Waals surface area contributed by atoms with Crippen molar-refractivity contribution in [1.29, 1.82) is 0 Å². The molecule has 2 aromatic carbocycles. The first-order valence-electron chi connectivity index (χ1n) is 9.67. The van der Waals surface area contributed by atoms with Gasteiger partial charge in [0, 0.05) is 25.7 Å². The average molecular weight is 336 g/mol. The van der Waals surface area contributed by atoms with Crippen LogP contribution >= 0.6 is 0 Å². The van der Waals surface area contributed by atoms with Gasteiger partial charge in [-0.15, -0.1) is 0 Å². The number of hydrogen-bond donors (Lipinski definition) is 1. The molecule has 2 bridgehead atoms. The predicted molar refractivity (Wildman–Crippen MR) is 102 cm³/mol. The monoisotopic (exact) mass is 336 g/mol. The zero-order chi connectivity index (χ0) is 17.5. The molecule has 0 amide bonds. The maximum absolute atomic E-state index is 11.8. The lowest BCUT2D eigenvalue weighted by molar-refractivity contribution is -0.931. The van der Waals surface area contributed by atoms with E-state index in [4.69, 9.17) is 0 Å². The molecule has 2 aliphatic heterocycles. The Balaban J connectivity index is 1.65. The first-order chi connectivity index (χ1) is 12.0. The van der Waals surface area contributed by atoms with Crippen LogP contribution in [-0.2, 0) is 5.60 Å². The van der Waals surface area contributed by atoms with Crippen molar-refractivity contribution in [3.63, 3.8) is 0 Å². The van der Waals surface area contributed by atoms with Crippen LogP contribution in [-0.4, -0.2) is 35.8 Å². The molecule has 25 heavy (non-hydrogen) atoms. The van der Waals surface area contributed by atoms with Crippen LogP contribution in [0.15, 0.2) is 60.7 Å². The number of fused-ring (bicyclic) bond motifs is 2. The van der Waals surface area contributed by atoms with E-state index in [0.717, 1.165) is 29.6 Å². The van der Waals surface area contributed by atoms with Gasteiger partial charge in [-0.2, -0.15) is 0 Å². The molecule has 4 rings (SSSR count). The molecule has 2 aromatic rings. The lowest BCUT2D eigenvalue weighted by atomic mass is 9.75. The van der Waals surface area contributed by atoms with Gasteiger partial charge in [0.2, 0.25) is 0 Å². The SMILES string of the molecule is C[N+]1(C)[C@@H]2CC[C@H]1CC(CC(O)(c1ccccc1)c1ccccc1)C2. The summed E-state index contributed by atoms with van der Waals surface area (Å²) < 4.78 is 1.19. The predicted octanol–water partition coefficient (Wildman–Crippen LogP) is 4.33. The molecule has 2 heterocycles. The highest BCUT2D eigenvalue weighted by Crippen LogP contribution is 2.47. The van der Waals surface area contributed by atoms with Gasteiger partial charge >= 0.3 is 0 Å². The van der Waals surface area contributed by atoms with E-state index in [-0.39, 0.29) is 0 Å². The van der Waals surface area contributed by atoms with Crippen molar-refractivity contribution in [1.82, 2.24) is 0 Å². The molecular formula is C23H30NO+. The topological polar surface area (TPSA) is 20.2 Å². The van der Waals surface area contributed by atoms with Gasteiger partial charge in [-0.1, -0.05) is 60.7 Å². The van der Waals surface area contributed by atoms with Gasteiger partial charge in [-0.3, -0.25) is 0 Å². The molecule has 2 nitrogen and oxygen atoms in total. The number of rotatable bonds is 4. The van der Waals surface area contributed by atoms with Crippen molar-refractivity contribution in [3.05, 3.63) is 71.8 Å². The summed E-state index contributed by atoms with van der Waals surface area (Å²) in [6.07, 6.45) is 6.01. The third-order valence-corrected chi connectivity index (χ3v) is 7.01. The smallest absolute Gasteiger partial charge is 0.115 e. The van der Waals surface area contributed by atoms with Gasteiger partial charge in [0.15, 0.2) is 0 Å². The molecule has 1 unspecified atom stereocenters. The molecule has 0 aromatic heterocycles. The van der Waals surface area contributed by atoms with E-state index in [2.05, 4.69) is 38.4 Å². The molecule has 2 aliphatic rings. The van der Waals surface area contributed by atoms with Crippen LogP contribution in [0.5, 0.6) is 0 Å². The first kappa shape index (κ1) is 16.8. The number of hydrogen-bond acceptors (Lipinski definition) is 1. The first-order valence-corrected chi connectivity index (χ1v) is 9.67. The molecule has 1 N–H and O–H groups in total. The second-order valence-electron chi connectivity index (χ2n) is 8.65. The van der Waals surface area contributed by atoms with Crippen molar-refractivity contribution < 1.29 is 9.59 Å². The van der Waals surface area contributed by atoms with E-state index in [9.17, 15) is 5.11 Å². The van der Waals surface area contributed by atoms with E-state index < -0.39 is 5.60 Å². The summed E-state index contributed by atoms with van der Waals surface area (Å²) >= 11 is 0. The molecule has 0 saturated carbocycles. The van der Waals surface area contributed by atoms with Crippen LogP contribution in [0.1, 0.15) is 43.2 Å². The zero-order valence-electron chi connectivity index (χ0n) is 15.4. The molecule has 0 radical (unpaired) electrons. The molecular weight excluding hydrogens is 306 g/mol. The van der Waals surface area contributed by atoms with Crippen molar-refractivity contribution in [2.24, 2.45) is 5.92 Å². The Labute approximate surface area is 151 Å². The fraction of sp³-hybridized carbons (Fsp3) is 0.478. The minimum Gasteiger partial charge on any atom is -0.380 e. The highest BCUT2D eigenvalue weighted by Gasteiger charge is 2.50. The van der Waals surface area contributed by atoms with Crippen LogP contribution in [0.2, 0.25) is 0 Å². The summed E-state index contributed by atoms with van der Waals surface area (Å²) in [5.41, 5.74) is 1.15. The van der Waals surface area contributed by atoms with E-state index in [1.54, 1.807) is 0 Å². The zero-order valence-corrected chi connectivity index (χ0v) is 15.4. The standard InChI is InChI=1S/C23H30NO/c1-24(2)21-13-14-22(24)16-18(15-21)17-23(25,19-9-5-3-6-10-19)20-11-7-4-8-12-20/h3-12,18,21-22,25H,13-17H2,1-2H3/q+1/t18?,21-,22+. The number of benzene rings is 2. The van der Waals surface area contributed by atoms with Crippen LogP contribution in [0, 0.1) is 5.92 Å². The Bertz CT molecular complexity index is 654. The van der Waals surface area contributed by atoms with E-state index in [1.807, 2.05) is 36.4 Å². The van der Waals surface area contributed by atoms with Crippen LogP contribution in [0.3, 0.4) is 0 Å². The minimum absolute atomic E-state index is 0.592. The molecule has 2 fully saturated rings. The van der Waals surface area contributed by atoms with Crippen LogP contribution < -0.4 is 0 Å². The Morgan fingerprint density at radius 3 is 1.72 bits per heavy atom. The Kier molecular flexibility index (Phi) is 4.21. The number of quaternary nitrogens is 1. The van der Waals surface area contributed by atoms with Gasteiger partial charge < -0.3 is 9.59 Å². The van der Waals surface area contributed by atoms with E-state index >= 15 is 0 Å². The minimum atomic E-state index is -0.888. The largest absolute Gasteiger partial charge is 0.380 e. The average Bonchev–Trinajstić information content (AvgIpc) is 2.80. The number of nitrogens with zero attached hydrogens (tertiary/aromatic N) is 1. The van der Waals surface area contributed by atoms with Gasteiger partial charge in [-0.25, -0.2) is 0 Å². The highest BCUT2D eigenvalue weighted by molar-refractivity contribution is 5.36. The Morgan fingerprint density at radius 1 is 0.840 bits per heavy atom. The summed E-state index contributed by atoms with van der Waals surface area (Å²) in [4.78, 5) is 0. The van der Waals surface area contributed by atoms with Gasteiger partial charge in [-0.05, 0) is 23.5 Å². The van der Waals surface area contributed by atoms with Crippen LogP contribution in [0.4, 0.5) is 0 Å². The molecule has 2 saturated heterocycles. The van der Waals surface area contributed by atoms with Crippen molar-refractivity contribution in [2.45, 2.75) is 49.8 Å².